The molecule has 0 saturated carbocycles. The molecule has 3 atom stereocenters. The van der Waals surface area contributed by atoms with Gasteiger partial charge in [-0.2, -0.15) is 0 Å². The molecule has 1 aromatic carbocycles. The quantitative estimate of drug-likeness (QED) is 0.689. The number of carbonyl (C=O) groups excluding carboxylic acids is 3. The average molecular weight is 469 g/mol. The van der Waals surface area contributed by atoms with Crippen molar-refractivity contribution < 1.29 is 28.6 Å². The van der Waals surface area contributed by atoms with Gasteiger partial charge in [0.2, 0.25) is 23.1 Å². The predicted octanol–water partition coefficient (Wildman–Crippen LogP) is 3.23. The average Bonchev–Trinajstić information content (AvgIpc) is 3.13. The number of rotatable bonds is 3. The molecule has 8 nitrogen and oxygen atoms in total. The Bertz CT molecular complexity index is 1240. The number of methoxy groups -OCH3 is 2. The number of aromatic nitrogens is 1. The molecule has 5 rings (SSSR count). The second kappa shape index (κ2) is 7.59. The number of benzene rings is 1. The van der Waals surface area contributed by atoms with Crippen molar-refractivity contribution >= 4 is 29.1 Å². The van der Waals surface area contributed by atoms with E-state index in [0.29, 0.717) is 11.3 Å². The molecule has 0 unspecified atom stereocenters. The van der Waals surface area contributed by atoms with Crippen molar-refractivity contribution in [2.75, 3.05) is 14.2 Å². The molecule has 33 heavy (non-hydrogen) atoms. The van der Waals surface area contributed by atoms with E-state index in [0.717, 1.165) is 5.56 Å². The Balaban J connectivity index is 1.68. The van der Waals surface area contributed by atoms with Crippen molar-refractivity contribution in [1.29, 1.82) is 0 Å². The molecule has 2 aliphatic heterocycles. The number of nitrogens with one attached hydrogen (secondary N) is 1. The first-order chi connectivity index (χ1) is 15.8. The highest BCUT2D eigenvalue weighted by molar-refractivity contribution is 6.36. The van der Waals surface area contributed by atoms with Gasteiger partial charge in [0.05, 0.1) is 14.2 Å². The van der Waals surface area contributed by atoms with Crippen LogP contribution in [-0.4, -0.2) is 42.3 Å². The van der Waals surface area contributed by atoms with E-state index in [4.69, 9.17) is 25.8 Å². The van der Waals surface area contributed by atoms with Crippen LogP contribution in [0.2, 0.25) is 5.02 Å². The highest BCUT2D eigenvalue weighted by Crippen LogP contribution is 2.55. The first-order valence-electron chi connectivity index (χ1n) is 10.5. The number of halogens is 1. The summed E-state index contributed by atoms with van der Waals surface area (Å²) in [5.74, 6) is -1.72. The second-order valence-corrected chi connectivity index (χ2v) is 8.76. The number of ketones is 2. The fourth-order valence-corrected chi connectivity index (χ4v) is 5.32. The molecule has 0 fully saturated rings. The summed E-state index contributed by atoms with van der Waals surface area (Å²) < 4.78 is 16.9. The number of hydrogen-bond donors (Lipinski definition) is 1. The zero-order chi connectivity index (χ0) is 23.5. The zero-order valence-corrected chi connectivity index (χ0v) is 19.0. The Labute approximate surface area is 194 Å². The minimum absolute atomic E-state index is 0.0692. The number of carbonyl (C=O) groups is 3. The van der Waals surface area contributed by atoms with Gasteiger partial charge in [-0.15, -0.1) is 0 Å². The van der Waals surface area contributed by atoms with E-state index in [1.807, 2.05) is 6.07 Å². The number of hydrogen-bond acceptors (Lipinski definition) is 7. The number of allylic oxidation sites excluding steroid dienone is 1. The van der Waals surface area contributed by atoms with Crippen LogP contribution in [0.5, 0.6) is 17.2 Å². The molecule has 0 radical (unpaired) electrons. The van der Waals surface area contributed by atoms with Gasteiger partial charge in [-0.25, -0.2) is 0 Å². The van der Waals surface area contributed by atoms with E-state index in [-0.39, 0.29) is 46.6 Å². The van der Waals surface area contributed by atoms with Gasteiger partial charge < -0.3 is 19.5 Å². The number of nitrogens with zero attached hydrogens (tertiary/aromatic N) is 1. The van der Waals surface area contributed by atoms with Crippen molar-refractivity contribution in [3.05, 3.63) is 58.0 Å². The zero-order valence-electron chi connectivity index (χ0n) is 18.2. The van der Waals surface area contributed by atoms with Crippen molar-refractivity contribution in [3.63, 3.8) is 0 Å². The standard InChI is InChI=1S/C24H21ClN2O6/c1-11-7-14-18(13(8-17(28)27-14)12-5-4-6-26-10-12)22(29)24(11)23(30)19-15(31-2)9-16(32-3)20(25)21(19)33-24/h4-6,9-11,13H,7-8H2,1-3H3,(H,27,28)/t11-,13+,24+/m1/s1. The normalized spacial score (nSPS) is 26.0. The summed E-state index contributed by atoms with van der Waals surface area (Å²) in [6.07, 6.45) is 3.60. The maximum Gasteiger partial charge on any atom is 0.236 e. The summed E-state index contributed by atoms with van der Waals surface area (Å²) in [7, 11) is 2.86. The van der Waals surface area contributed by atoms with E-state index in [1.165, 1.54) is 20.3 Å². The number of pyridine rings is 1. The number of fused-ring (bicyclic) bond motifs is 1. The Hall–Kier alpha value is -3.39. The van der Waals surface area contributed by atoms with Gasteiger partial charge in [0.15, 0.2) is 5.75 Å². The van der Waals surface area contributed by atoms with E-state index in [1.54, 1.807) is 25.4 Å². The summed E-state index contributed by atoms with van der Waals surface area (Å²) in [5.41, 5.74) is -0.0916. The molecular formula is C24H21ClN2O6. The van der Waals surface area contributed by atoms with Crippen molar-refractivity contribution in [2.24, 2.45) is 5.92 Å². The largest absolute Gasteiger partial charge is 0.496 e. The highest BCUT2D eigenvalue weighted by Gasteiger charge is 2.63. The fraction of sp³-hybridized carbons (Fsp3) is 0.333. The Morgan fingerprint density at radius 3 is 2.58 bits per heavy atom. The van der Waals surface area contributed by atoms with Gasteiger partial charge in [-0.1, -0.05) is 24.6 Å². The third-order valence-electron chi connectivity index (χ3n) is 6.65. The van der Waals surface area contributed by atoms with Crippen LogP contribution in [0.1, 0.15) is 41.6 Å². The minimum Gasteiger partial charge on any atom is -0.496 e. The van der Waals surface area contributed by atoms with Crippen LogP contribution in [0.4, 0.5) is 0 Å². The lowest BCUT2D eigenvalue weighted by Crippen LogP contribution is -2.59. The Kier molecular flexibility index (Phi) is 4.93. The van der Waals surface area contributed by atoms with Gasteiger partial charge in [0.25, 0.3) is 0 Å². The SMILES string of the molecule is COc1cc(OC)c2c(c1Cl)O[C@@]1(C(=O)C3=C(C[C@H]1C)NC(=O)C[C@H]3c1cccnc1)C2=O. The van der Waals surface area contributed by atoms with E-state index >= 15 is 0 Å². The fourth-order valence-electron chi connectivity index (χ4n) is 5.06. The molecule has 1 N–H and O–H groups in total. The number of ether oxygens (including phenoxy) is 3. The summed E-state index contributed by atoms with van der Waals surface area (Å²) in [6, 6.07) is 5.07. The smallest absolute Gasteiger partial charge is 0.236 e. The van der Waals surface area contributed by atoms with Gasteiger partial charge in [-0.05, 0) is 18.1 Å². The predicted molar refractivity (Wildman–Crippen MR) is 118 cm³/mol. The van der Waals surface area contributed by atoms with E-state index in [2.05, 4.69) is 10.3 Å². The molecule has 1 spiro atoms. The molecule has 2 aromatic rings. The van der Waals surface area contributed by atoms with Crippen LogP contribution in [0.25, 0.3) is 0 Å². The number of Topliss-reactive ketones (excluding diaryl/α,β-unsaturated/α-hetero) is 2. The molecule has 0 saturated heterocycles. The molecule has 3 aliphatic rings. The lowest BCUT2D eigenvalue weighted by molar-refractivity contribution is -0.131. The first kappa shape index (κ1) is 21.5. The van der Waals surface area contributed by atoms with Crippen LogP contribution in [0, 0.1) is 5.92 Å². The molecule has 3 heterocycles. The van der Waals surface area contributed by atoms with Gasteiger partial charge in [0.1, 0.15) is 22.1 Å². The lowest BCUT2D eigenvalue weighted by Gasteiger charge is -2.41. The van der Waals surface area contributed by atoms with E-state index in [9.17, 15) is 14.4 Å². The van der Waals surface area contributed by atoms with Crippen molar-refractivity contribution in [3.8, 4) is 17.2 Å². The highest BCUT2D eigenvalue weighted by atomic mass is 35.5. The summed E-state index contributed by atoms with van der Waals surface area (Å²) in [5, 5.41) is 2.93. The van der Waals surface area contributed by atoms with Gasteiger partial charge in [-0.3, -0.25) is 19.4 Å². The summed E-state index contributed by atoms with van der Waals surface area (Å²) >= 11 is 6.48. The third kappa shape index (κ3) is 2.90. The lowest BCUT2D eigenvalue weighted by atomic mass is 9.66. The molecule has 0 bridgehead atoms. The maximum absolute atomic E-state index is 14.1. The molecular weight excluding hydrogens is 448 g/mol. The Morgan fingerprint density at radius 2 is 1.91 bits per heavy atom. The minimum atomic E-state index is -1.81. The molecule has 170 valence electrons. The van der Waals surface area contributed by atoms with Crippen LogP contribution < -0.4 is 19.5 Å². The first-order valence-corrected chi connectivity index (χ1v) is 10.9. The number of amides is 1. The molecule has 1 amide bonds. The summed E-state index contributed by atoms with van der Waals surface area (Å²) in [6.45, 7) is 1.75. The molecule has 1 aliphatic carbocycles. The van der Waals surface area contributed by atoms with Gasteiger partial charge in [0, 0.05) is 48.0 Å². The second-order valence-electron chi connectivity index (χ2n) is 8.38. The van der Waals surface area contributed by atoms with Crippen molar-refractivity contribution in [1.82, 2.24) is 10.3 Å². The van der Waals surface area contributed by atoms with Crippen molar-refractivity contribution in [2.45, 2.75) is 31.3 Å². The Morgan fingerprint density at radius 1 is 1.15 bits per heavy atom. The van der Waals surface area contributed by atoms with Crippen LogP contribution in [-0.2, 0) is 9.59 Å². The van der Waals surface area contributed by atoms with Crippen LogP contribution in [0.15, 0.2) is 41.9 Å². The summed E-state index contributed by atoms with van der Waals surface area (Å²) in [4.78, 5) is 44.6. The monoisotopic (exact) mass is 468 g/mol. The van der Waals surface area contributed by atoms with Crippen LogP contribution in [0.3, 0.4) is 0 Å². The van der Waals surface area contributed by atoms with Crippen LogP contribution >= 0.6 is 11.6 Å². The molecule has 1 aromatic heterocycles. The topological polar surface area (TPSA) is 104 Å². The van der Waals surface area contributed by atoms with Gasteiger partial charge >= 0.3 is 0 Å². The third-order valence-corrected chi connectivity index (χ3v) is 7.00. The van der Waals surface area contributed by atoms with E-state index < -0.39 is 29.0 Å². The maximum atomic E-state index is 14.1. The molecule has 9 heteroatoms.